The van der Waals surface area contributed by atoms with Crippen LogP contribution in [0.25, 0.3) is 0 Å². The molecule has 0 radical (unpaired) electrons. The minimum atomic E-state index is -0.505. The maximum absolute atomic E-state index is 12.2. The summed E-state index contributed by atoms with van der Waals surface area (Å²) in [5.74, 6) is -0.848. The van der Waals surface area contributed by atoms with Gasteiger partial charge >= 0.3 is 5.97 Å². The van der Waals surface area contributed by atoms with Gasteiger partial charge in [0.05, 0.1) is 23.4 Å². The summed E-state index contributed by atoms with van der Waals surface area (Å²) in [4.78, 5) is 24.2. The van der Waals surface area contributed by atoms with Crippen LogP contribution in [0, 0.1) is 6.92 Å². The van der Waals surface area contributed by atoms with Crippen molar-refractivity contribution < 1.29 is 14.3 Å². The van der Waals surface area contributed by atoms with Crippen LogP contribution in [0.5, 0.6) is 0 Å². The lowest BCUT2D eigenvalue weighted by Gasteiger charge is -2.09. The number of para-hydroxylation sites is 1. The third-order valence-electron chi connectivity index (χ3n) is 2.69. The third-order valence-corrected chi connectivity index (χ3v) is 4.38. The van der Waals surface area contributed by atoms with Gasteiger partial charge in [0.25, 0.3) is 5.91 Å². The molecule has 0 spiro atoms. The fraction of sp³-hybridized carbons (Fsp3) is 0.143. The molecule has 0 atom stereocenters. The number of hydrogen-bond donors (Lipinski definition) is 1. The topological polar surface area (TPSA) is 55.4 Å². The van der Waals surface area contributed by atoms with Gasteiger partial charge in [-0.05, 0) is 30.0 Å². The smallest absolute Gasteiger partial charge is 0.339 e. The van der Waals surface area contributed by atoms with Crippen molar-refractivity contribution in [1.82, 2.24) is 0 Å². The molecule has 20 heavy (non-hydrogen) atoms. The molecule has 0 unspecified atom stereocenters. The zero-order chi connectivity index (χ0) is 14.7. The van der Waals surface area contributed by atoms with Gasteiger partial charge in [-0.25, -0.2) is 4.79 Å². The van der Waals surface area contributed by atoms with E-state index in [1.165, 1.54) is 18.4 Å². The molecule has 1 aromatic carbocycles. The van der Waals surface area contributed by atoms with Crippen molar-refractivity contribution in [3.8, 4) is 0 Å². The number of amides is 1. The lowest BCUT2D eigenvalue weighted by molar-refractivity contribution is 0.0602. The molecule has 1 amide bonds. The van der Waals surface area contributed by atoms with Gasteiger partial charge in [0.15, 0.2) is 0 Å². The molecular formula is C14H12ClNO3S. The highest BCUT2D eigenvalue weighted by atomic mass is 35.5. The maximum atomic E-state index is 12.2. The minimum absolute atomic E-state index is 0.299. The van der Waals surface area contributed by atoms with Crippen molar-refractivity contribution in [2.75, 3.05) is 12.4 Å². The van der Waals surface area contributed by atoms with Gasteiger partial charge in [-0.15, -0.1) is 11.3 Å². The summed E-state index contributed by atoms with van der Waals surface area (Å²) < 4.78 is 4.68. The molecular weight excluding hydrogens is 298 g/mol. The first-order valence-corrected chi connectivity index (χ1v) is 7.02. The number of carbonyl (C=O) groups is 2. The fourth-order valence-electron chi connectivity index (χ4n) is 1.64. The summed E-state index contributed by atoms with van der Waals surface area (Å²) in [7, 11) is 1.29. The molecule has 1 N–H and O–H groups in total. The summed E-state index contributed by atoms with van der Waals surface area (Å²) in [5.41, 5.74) is 1.54. The average molecular weight is 310 g/mol. The maximum Gasteiger partial charge on any atom is 0.339 e. The highest BCUT2D eigenvalue weighted by Crippen LogP contribution is 2.28. The number of thiophene rings is 1. The first-order valence-electron chi connectivity index (χ1n) is 5.77. The predicted octanol–water partition coefficient (Wildman–Crippen LogP) is 3.75. The Hall–Kier alpha value is -1.85. The van der Waals surface area contributed by atoms with Crippen molar-refractivity contribution >= 4 is 40.5 Å². The lowest BCUT2D eigenvalue weighted by Crippen LogP contribution is -2.14. The van der Waals surface area contributed by atoms with Crippen molar-refractivity contribution in [2.45, 2.75) is 6.92 Å². The second kappa shape index (κ2) is 6.07. The molecule has 0 aliphatic carbocycles. The second-order valence-electron chi connectivity index (χ2n) is 4.05. The molecule has 4 nitrogen and oxygen atoms in total. The summed E-state index contributed by atoms with van der Waals surface area (Å²) in [5, 5.41) is 4.92. The number of methoxy groups -OCH3 is 1. The molecule has 104 valence electrons. The summed E-state index contributed by atoms with van der Waals surface area (Å²) in [6.07, 6.45) is 0. The normalized spacial score (nSPS) is 10.2. The Kier molecular flexibility index (Phi) is 4.42. The van der Waals surface area contributed by atoms with Crippen molar-refractivity contribution in [3.63, 3.8) is 0 Å². The Morgan fingerprint density at radius 2 is 2.00 bits per heavy atom. The van der Waals surface area contributed by atoms with Crippen LogP contribution in [0.1, 0.15) is 25.6 Å². The summed E-state index contributed by atoms with van der Waals surface area (Å²) >= 11 is 7.32. The van der Waals surface area contributed by atoms with Crippen molar-refractivity contribution in [3.05, 3.63) is 50.7 Å². The van der Waals surface area contributed by atoms with E-state index in [0.717, 1.165) is 5.56 Å². The second-order valence-corrected chi connectivity index (χ2v) is 5.31. The van der Waals surface area contributed by atoms with Gasteiger partial charge in [0.1, 0.15) is 4.88 Å². The lowest BCUT2D eigenvalue weighted by atomic mass is 10.1. The molecule has 0 bridgehead atoms. The Morgan fingerprint density at radius 3 is 2.60 bits per heavy atom. The SMILES string of the molecule is COC(=O)c1ccccc1NC(=O)c1scc(C)c1Cl. The summed E-state index contributed by atoms with van der Waals surface area (Å²) in [6.45, 7) is 1.83. The molecule has 6 heteroatoms. The van der Waals surface area contributed by atoms with Crippen LogP contribution < -0.4 is 5.32 Å². The minimum Gasteiger partial charge on any atom is -0.465 e. The van der Waals surface area contributed by atoms with Crippen LogP contribution in [-0.4, -0.2) is 19.0 Å². The van der Waals surface area contributed by atoms with Crippen LogP contribution in [0.15, 0.2) is 29.6 Å². The largest absolute Gasteiger partial charge is 0.465 e. The van der Waals surface area contributed by atoms with Crippen molar-refractivity contribution in [2.24, 2.45) is 0 Å². The van der Waals surface area contributed by atoms with E-state index in [4.69, 9.17) is 11.6 Å². The zero-order valence-electron chi connectivity index (χ0n) is 10.9. The number of aryl methyl sites for hydroxylation is 1. The van der Waals surface area contributed by atoms with Crippen LogP contribution >= 0.6 is 22.9 Å². The van der Waals surface area contributed by atoms with Crippen LogP contribution in [0.4, 0.5) is 5.69 Å². The molecule has 2 aromatic rings. The quantitative estimate of drug-likeness (QED) is 0.879. The zero-order valence-corrected chi connectivity index (χ0v) is 12.5. The van der Waals surface area contributed by atoms with E-state index in [1.807, 2.05) is 12.3 Å². The molecule has 1 aromatic heterocycles. The number of nitrogens with one attached hydrogen (secondary N) is 1. The van der Waals surface area contributed by atoms with E-state index in [0.29, 0.717) is 21.2 Å². The molecule has 2 rings (SSSR count). The van der Waals surface area contributed by atoms with Crippen molar-refractivity contribution in [1.29, 1.82) is 0 Å². The number of carbonyl (C=O) groups excluding carboxylic acids is 2. The van der Waals surface area contributed by atoms with E-state index in [2.05, 4.69) is 10.1 Å². The number of benzene rings is 1. The highest BCUT2D eigenvalue weighted by molar-refractivity contribution is 7.13. The Labute approximate surface area is 125 Å². The molecule has 0 aliphatic rings. The van der Waals surface area contributed by atoms with Crippen LogP contribution in [0.3, 0.4) is 0 Å². The molecule has 0 aliphatic heterocycles. The Morgan fingerprint density at radius 1 is 1.30 bits per heavy atom. The number of halogens is 1. The monoisotopic (exact) mass is 309 g/mol. The highest BCUT2D eigenvalue weighted by Gasteiger charge is 2.18. The predicted molar refractivity (Wildman–Crippen MR) is 79.8 cm³/mol. The third kappa shape index (κ3) is 2.84. The van der Waals surface area contributed by atoms with Gasteiger partial charge in [-0.1, -0.05) is 23.7 Å². The molecule has 0 fully saturated rings. The van der Waals surface area contributed by atoms with Gasteiger partial charge in [-0.2, -0.15) is 0 Å². The van der Waals surface area contributed by atoms with E-state index >= 15 is 0 Å². The van der Waals surface area contributed by atoms with E-state index in [1.54, 1.807) is 24.3 Å². The fourth-order valence-corrected chi connectivity index (χ4v) is 2.82. The van der Waals surface area contributed by atoms with Gasteiger partial charge in [0, 0.05) is 0 Å². The Bertz CT molecular complexity index is 666. The van der Waals surface area contributed by atoms with Crippen LogP contribution in [0.2, 0.25) is 5.02 Å². The molecule has 0 saturated heterocycles. The van der Waals surface area contributed by atoms with E-state index < -0.39 is 5.97 Å². The van der Waals surface area contributed by atoms with E-state index in [-0.39, 0.29) is 5.91 Å². The first-order chi connectivity index (χ1) is 9.54. The van der Waals surface area contributed by atoms with Gasteiger partial charge in [-0.3, -0.25) is 4.79 Å². The van der Waals surface area contributed by atoms with Gasteiger partial charge < -0.3 is 10.1 Å². The van der Waals surface area contributed by atoms with E-state index in [9.17, 15) is 9.59 Å². The summed E-state index contributed by atoms with van der Waals surface area (Å²) in [6, 6.07) is 6.65. The first kappa shape index (κ1) is 14.6. The standard InChI is InChI=1S/C14H12ClNO3S/c1-8-7-20-12(11(8)15)13(17)16-10-6-4-3-5-9(10)14(18)19-2/h3-7H,1-2H3,(H,16,17). The molecule has 0 saturated carbocycles. The average Bonchev–Trinajstić information content (AvgIpc) is 2.79. The number of ether oxygens (including phenoxy) is 1. The number of rotatable bonds is 3. The number of hydrogen-bond acceptors (Lipinski definition) is 4. The number of esters is 1. The Balaban J connectivity index is 2.29. The van der Waals surface area contributed by atoms with Crippen LogP contribution in [-0.2, 0) is 4.74 Å². The number of anilines is 1. The van der Waals surface area contributed by atoms with Gasteiger partial charge in [0.2, 0.25) is 0 Å². The molecule has 1 heterocycles.